The maximum absolute atomic E-state index is 11.3. The maximum Gasteiger partial charge on any atom is 0.231 e. The number of aryl methyl sites for hydroxylation is 1. The predicted molar refractivity (Wildman–Crippen MR) is 109 cm³/mol. The van der Waals surface area contributed by atoms with Crippen LogP contribution in [0.25, 0.3) is 0 Å². The first-order valence-electron chi connectivity index (χ1n) is 10.1. The van der Waals surface area contributed by atoms with E-state index in [0.717, 1.165) is 45.9 Å². The number of fused-ring (bicyclic) bond motifs is 3. The number of benzene rings is 2. The summed E-state index contributed by atoms with van der Waals surface area (Å²) in [6, 6.07) is 8.29. The van der Waals surface area contributed by atoms with Crippen LogP contribution in [0.3, 0.4) is 0 Å². The van der Waals surface area contributed by atoms with Crippen molar-refractivity contribution in [2.45, 2.75) is 32.3 Å². The van der Waals surface area contributed by atoms with E-state index in [2.05, 4.69) is 32.6 Å². The van der Waals surface area contributed by atoms with Crippen LogP contribution >= 0.6 is 0 Å². The molecule has 152 valence electrons. The zero-order chi connectivity index (χ0) is 20.3. The molecule has 0 spiro atoms. The summed E-state index contributed by atoms with van der Waals surface area (Å²) in [5, 5.41) is 11.3. The highest BCUT2D eigenvalue weighted by Gasteiger charge is 2.47. The first-order valence-corrected chi connectivity index (χ1v) is 10.1. The molecule has 0 aromatic heterocycles. The Hall–Kier alpha value is -2.66. The van der Waals surface area contributed by atoms with Crippen molar-refractivity contribution in [1.29, 1.82) is 0 Å². The van der Waals surface area contributed by atoms with Crippen molar-refractivity contribution in [2.75, 3.05) is 20.5 Å². The molecule has 0 radical (unpaired) electrons. The van der Waals surface area contributed by atoms with Crippen molar-refractivity contribution >= 4 is 0 Å². The SMILES string of the molecule is C=C1OCC[C@H]2C1[C@H](c1cc(C)c(C)c(OC)c1)c1cc3c(cc1[C@H]2O)OCO3. The number of aliphatic hydroxyl groups excluding tert-OH is 1. The molecule has 1 aliphatic carbocycles. The standard InChI is InChI=1S/C24H26O5/c1-12-7-15(8-19(26-4)13(12)2)23-17-9-20-21(29-11-28-20)10-18(17)24(25)16-5-6-27-14(3)22(16)23/h7-10,16,22-25H,3,5-6,11H2,1-2,4H3/t16-,22?,23+,24-/m0/s1. The second-order valence-electron chi connectivity index (χ2n) is 8.22. The monoisotopic (exact) mass is 394 g/mol. The molecule has 0 saturated carbocycles. The number of hydrogen-bond acceptors (Lipinski definition) is 5. The molecular formula is C24H26O5. The summed E-state index contributed by atoms with van der Waals surface area (Å²) >= 11 is 0. The molecule has 5 rings (SSSR count). The molecular weight excluding hydrogens is 368 g/mol. The van der Waals surface area contributed by atoms with E-state index in [1.54, 1.807) is 7.11 Å². The van der Waals surface area contributed by atoms with Crippen molar-refractivity contribution in [3.05, 3.63) is 64.4 Å². The zero-order valence-electron chi connectivity index (χ0n) is 17.0. The molecule has 1 saturated heterocycles. The van der Waals surface area contributed by atoms with Crippen LogP contribution in [-0.4, -0.2) is 25.6 Å². The van der Waals surface area contributed by atoms with Crippen LogP contribution in [0.15, 0.2) is 36.6 Å². The van der Waals surface area contributed by atoms with Gasteiger partial charge in [0.2, 0.25) is 6.79 Å². The minimum Gasteiger partial charge on any atom is -0.498 e. The van der Waals surface area contributed by atoms with Crippen molar-refractivity contribution in [2.24, 2.45) is 11.8 Å². The summed E-state index contributed by atoms with van der Waals surface area (Å²) in [5.74, 6) is 3.05. The highest BCUT2D eigenvalue weighted by atomic mass is 16.7. The molecule has 0 bridgehead atoms. The molecule has 1 unspecified atom stereocenters. The normalized spacial score (nSPS) is 27.1. The summed E-state index contributed by atoms with van der Waals surface area (Å²) in [6.45, 7) is 9.18. The van der Waals surface area contributed by atoms with Gasteiger partial charge in [-0.1, -0.05) is 12.6 Å². The fourth-order valence-corrected chi connectivity index (χ4v) is 5.18. The summed E-state index contributed by atoms with van der Waals surface area (Å²) < 4.78 is 22.8. The van der Waals surface area contributed by atoms with Crippen LogP contribution in [0.4, 0.5) is 0 Å². The average molecular weight is 394 g/mol. The van der Waals surface area contributed by atoms with Gasteiger partial charge in [0.1, 0.15) is 5.75 Å². The van der Waals surface area contributed by atoms with E-state index in [-0.39, 0.29) is 24.5 Å². The van der Waals surface area contributed by atoms with Gasteiger partial charge >= 0.3 is 0 Å². The summed E-state index contributed by atoms with van der Waals surface area (Å²) in [5.41, 5.74) is 5.39. The van der Waals surface area contributed by atoms with E-state index >= 15 is 0 Å². The van der Waals surface area contributed by atoms with Crippen LogP contribution in [-0.2, 0) is 4.74 Å². The fraction of sp³-hybridized carbons (Fsp3) is 0.417. The molecule has 1 N–H and O–H groups in total. The van der Waals surface area contributed by atoms with Gasteiger partial charge in [-0.3, -0.25) is 0 Å². The summed E-state index contributed by atoms with van der Waals surface area (Å²) in [6.07, 6.45) is 0.201. The number of methoxy groups -OCH3 is 1. The van der Waals surface area contributed by atoms with Gasteiger partial charge in [-0.05, 0) is 66.3 Å². The van der Waals surface area contributed by atoms with E-state index in [1.807, 2.05) is 12.1 Å². The first-order chi connectivity index (χ1) is 14.0. The Labute approximate surface area is 170 Å². The number of ether oxygens (including phenoxy) is 4. The first kappa shape index (κ1) is 18.4. The Morgan fingerprint density at radius 3 is 2.48 bits per heavy atom. The molecule has 5 heteroatoms. The van der Waals surface area contributed by atoms with Crippen molar-refractivity contribution in [3.8, 4) is 17.2 Å². The average Bonchev–Trinajstić information content (AvgIpc) is 3.17. The number of aliphatic hydroxyl groups is 1. The van der Waals surface area contributed by atoms with Crippen molar-refractivity contribution < 1.29 is 24.1 Å². The lowest BCUT2D eigenvalue weighted by atomic mass is 9.63. The van der Waals surface area contributed by atoms with Crippen LogP contribution < -0.4 is 14.2 Å². The van der Waals surface area contributed by atoms with E-state index in [0.29, 0.717) is 12.4 Å². The summed E-state index contributed by atoms with van der Waals surface area (Å²) in [7, 11) is 1.70. The second-order valence-corrected chi connectivity index (χ2v) is 8.22. The number of allylic oxidation sites excluding steroid dienone is 1. The number of hydrogen-bond donors (Lipinski definition) is 1. The van der Waals surface area contributed by atoms with Crippen LogP contribution in [0.1, 0.15) is 46.3 Å². The topological polar surface area (TPSA) is 57.2 Å². The number of rotatable bonds is 2. The highest BCUT2D eigenvalue weighted by Crippen LogP contribution is 2.56. The van der Waals surface area contributed by atoms with Crippen molar-refractivity contribution in [3.63, 3.8) is 0 Å². The van der Waals surface area contributed by atoms with Gasteiger partial charge in [0.15, 0.2) is 11.5 Å². The third-order valence-corrected chi connectivity index (χ3v) is 6.79. The minimum absolute atomic E-state index is 0.00565. The Morgan fingerprint density at radius 1 is 1.03 bits per heavy atom. The quantitative estimate of drug-likeness (QED) is 0.819. The van der Waals surface area contributed by atoms with Gasteiger partial charge in [0, 0.05) is 17.8 Å². The van der Waals surface area contributed by atoms with E-state index in [1.165, 1.54) is 5.56 Å². The highest BCUT2D eigenvalue weighted by molar-refractivity contribution is 5.56. The largest absolute Gasteiger partial charge is 0.498 e. The minimum atomic E-state index is -0.588. The maximum atomic E-state index is 11.3. The van der Waals surface area contributed by atoms with E-state index < -0.39 is 6.10 Å². The third kappa shape index (κ3) is 2.71. The molecule has 1 fully saturated rings. The van der Waals surface area contributed by atoms with Crippen molar-refractivity contribution in [1.82, 2.24) is 0 Å². The molecule has 2 heterocycles. The van der Waals surface area contributed by atoms with E-state index in [9.17, 15) is 5.11 Å². The Balaban J connectivity index is 1.75. The molecule has 2 aromatic rings. The van der Waals surface area contributed by atoms with Gasteiger partial charge in [0.25, 0.3) is 0 Å². The van der Waals surface area contributed by atoms with Gasteiger partial charge in [0.05, 0.1) is 25.6 Å². The lowest BCUT2D eigenvalue weighted by Gasteiger charge is -2.46. The zero-order valence-corrected chi connectivity index (χ0v) is 17.0. The molecule has 3 aliphatic rings. The van der Waals surface area contributed by atoms with Gasteiger partial charge in [-0.25, -0.2) is 0 Å². The van der Waals surface area contributed by atoms with Gasteiger partial charge in [-0.2, -0.15) is 0 Å². The molecule has 5 nitrogen and oxygen atoms in total. The Morgan fingerprint density at radius 2 is 1.76 bits per heavy atom. The summed E-state index contributed by atoms with van der Waals surface area (Å²) in [4.78, 5) is 0. The van der Waals surface area contributed by atoms with Gasteiger partial charge in [-0.15, -0.1) is 0 Å². The molecule has 2 aliphatic heterocycles. The molecule has 4 atom stereocenters. The lowest BCUT2D eigenvalue weighted by molar-refractivity contribution is -0.0110. The van der Waals surface area contributed by atoms with E-state index in [4.69, 9.17) is 18.9 Å². The lowest BCUT2D eigenvalue weighted by Crippen LogP contribution is -2.39. The smallest absolute Gasteiger partial charge is 0.231 e. The van der Waals surface area contributed by atoms with Crippen LogP contribution in [0, 0.1) is 25.7 Å². The van der Waals surface area contributed by atoms with Crippen LogP contribution in [0.2, 0.25) is 0 Å². The second kappa shape index (κ2) is 6.70. The molecule has 2 aromatic carbocycles. The third-order valence-electron chi connectivity index (χ3n) is 6.79. The van der Waals surface area contributed by atoms with Gasteiger partial charge < -0.3 is 24.1 Å². The Kier molecular flexibility index (Phi) is 4.24. The van der Waals surface area contributed by atoms with Crippen LogP contribution in [0.5, 0.6) is 17.2 Å². The predicted octanol–water partition coefficient (Wildman–Crippen LogP) is 4.39. The molecule has 29 heavy (non-hydrogen) atoms. The molecule has 0 amide bonds. The fourth-order valence-electron chi connectivity index (χ4n) is 5.18. The Bertz CT molecular complexity index is 995.